The lowest BCUT2D eigenvalue weighted by Gasteiger charge is -2.14. The molecule has 1 aliphatic rings. The number of nitrogens with zero attached hydrogens (tertiary/aromatic N) is 1. The van der Waals surface area contributed by atoms with E-state index in [1.54, 1.807) is 13.0 Å². The van der Waals surface area contributed by atoms with Gasteiger partial charge in [-0.25, -0.2) is 9.78 Å². The van der Waals surface area contributed by atoms with E-state index in [1.807, 2.05) is 24.3 Å². The molecule has 0 radical (unpaired) electrons. The largest absolute Gasteiger partial charge is 0.449 e. The zero-order chi connectivity index (χ0) is 20.9. The summed E-state index contributed by atoms with van der Waals surface area (Å²) in [6, 6.07) is 19.3. The second-order valence-electron chi connectivity index (χ2n) is 7.07. The van der Waals surface area contributed by atoms with Crippen LogP contribution < -0.4 is 5.32 Å². The van der Waals surface area contributed by atoms with Crippen molar-refractivity contribution in [3.63, 3.8) is 0 Å². The molecule has 1 amide bonds. The maximum Gasteiger partial charge on any atom is 0.407 e. The average molecular weight is 400 g/mol. The Morgan fingerprint density at radius 3 is 2.40 bits per heavy atom. The van der Waals surface area contributed by atoms with Crippen molar-refractivity contribution in [2.45, 2.75) is 19.3 Å². The molecule has 1 aromatic heterocycles. The Labute approximate surface area is 175 Å². The van der Waals surface area contributed by atoms with Gasteiger partial charge in [0.05, 0.1) is 5.69 Å². The first-order valence-electron chi connectivity index (χ1n) is 9.84. The summed E-state index contributed by atoms with van der Waals surface area (Å²) in [6.07, 6.45) is -0.000578. The summed E-state index contributed by atoms with van der Waals surface area (Å²) >= 11 is 0. The van der Waals surface area contributed by atoms with Crippen LogP contribution >= 0.6 is 0 Å². The number of nitrogens with one attached hydrogen (secondary N) is 1. The van der Waals surface area contributed by atoms with Crippen LogP contribution in [0.2, 0.25) is 0 Å². The summed E-state index contributed by atoms with van der Waals surface area (Å²) in [6.45, 7) is 2.37. The molecule has 0 saturated carbocycles. The first-order valence-corrected chi connectivity index (χ1v) is 9.84. The van der Waals surface area contributed by atoms with Gasteiger partial charge in [-0.05, 0) is 41.3 Å². The number of carbonyl (C=O) groups is 1. The lowest BCUT2D eigenvalue weighted by Crippen LogP contribution is -2.26. The number of hydrogen-bond donors (Lipinski definition) is 1. The van der Waals surface area contributed by atoms with E-state index < -0.39 is 12.0 Å². The summed E-state index contributed by atoms with van der Waals surface area (Å²) in [5.41, 5.74) is 5.98. The topological polar surface area (TPSA) is 51.2 Å². The summed E-state index contributed by atoms with van der Waals surface area (Å²) in [5, 5.41) is 2.73. The standard InChI is InChI=1S/C25H21FN2O2/c1-17-18(13-14-24(26)28-17)8-6-7-15-27-25(29)30-16-23-21-11-4-2-9-19(21)20-10-3-5-12-22(20)23/h2-5,9-14,23H,7,15-16H2,1H3,(H,27,29). The molecule has 150 valence electrons. The fraction of sp³-hybridized carbons (Fsp3) is 0.200. The van der Waals surface area contributed by atoms with E-state index in [4.69, 9.17) is 4.74 Å². The number of amides is 1. The van der Waals surface area contributed by atoms with Gasteiger partial charge < -0.3 is 10.1 Å². The zero-order valence-corrected chi connectivity index (χ0v) is 16.6. The highest BCUT2D eigenvalue weighted by atomic mass is 19.1. The van der Waals surface area contributed by atoms with Crippen molar-refractivity contribution < 1.29 is 13.9 Å². The third-order valence-electron chi connectivity index (χ3n) is 5.14. The minimum Gasteiger partial charge on any atom is -0.449 e. The van der Waals surface area contributed by atoms with Gasteiger partial charge in [0.25, 0.3) is 0 Å². The third kappa shape index (κ3) is 4.18. The molecule has 3 aromatic rings. The van der Waals surface area contributed by atoms with Crippen LogP contribution in [-0.2, 0) is 4.74 Å². The minimum absolute atomic E-state index is 0.0388. The summed E-state index contributed by atoms with van der Waals surface area (Å²) < 4.78 is 18.5. The van der Waals surface area contributed by atoms with Gasteiger partial charge in [0, 0.05) is 24.4 Å². The summed E-state index contributed by atoms with van der Waals surface area (Å²) in [7, 11) is 0. The van der Waals surface area contributed by atoms with E-state index in [2.05, 4.69) is 46.4 Å². The molecule has 1 N–H and O–H groups in total. The fourth-order valence-electron chi connectivity index (χ4n) is 3.70. The number of ether oxygens (including phenoxy) is 1. The highest BCUT2D eigenvalue weighted by Gasteiger charge is 2.28. The smallest absolute Gasteiger partial charge is 0.407 e. The summed E-state index contributed by atoms with van der Waals surface area (Å²) in [5.74, 6) is 5.42. The van der Waals surface area contributed by atoms with E-state index in [0.717, 1.165) is 0 Å². The maximum atomic E-state index is 13.0. The molecule has 0 bridgehead atoms. The van der Waals surface area contributed by atoms with E-state index in [9.17, 15) is 9.18 Å². The van der Waals surface area contributed by atoms with Gasteiger partial charge in [-0.1, -0.05) is 60.4 Å². The van der Waals surface area contributed by atoms with Gasteiger partial charge in [-0.2, -0.15) is 4.39 Å². The van der Waals surface area contributed by atoms with E-state index in [0.29, 0.717) is 24.2 Å². The molecule has 30 heavy (non-hydrogen) atoms. The molecule has 1 aliphatic carbocycles. The Morgan fingerprint density at radius 1 is 1.07 bits per heavy atom. The van der Waals surface area contributed by atoms with Crippen molar-refractivity contribution in [3.05, 3.63) is 89.0 Å². The number of pyridine rings is 1. The number of hydrogen-bond acceptors (Lipinski definition) is 3. The van der Waals surface area contributed by atoms with Crippen molar-refractivity contribution in [2.75, 3.05) is 13.2 Å². The van der Waals surface area contributed by atoms with Gasteiger partial charge >= 0.3 is 6.09 Å². The molecule has 5 heteroatoms. The molecule has 0 unspecified atom stereocenters. The second kappa shape index (κ2) is 8.79. The Hall–Kier alpha value is -3.65. The van der Waals surface area contributed by atoms with E-state index in [-0.39, 0.29) is 12.5 Å². The number of fused-ring (bicyclic) bond motifs is 3. The number of alkyl carbamates (subject to hydrolysis) is 1. The second-order valence-corrected chi connectivity index (χ2v) is 7.07. The molecule has 0 atom stereocenters. The molecule has 0 fully saturated rings. The Bertz CT molecular complexity index is 1100. The van der Waals surface area contributed by atoms with E-state index in [1.165, 1.54) is 28.3 Å². The van der Waals surface area contributed by atoms with Crippen LogP contribution in [0.5, 0.6) is 0 Å². The Morgan fingerprint density at radius 2 is 1.73 bits per heavy atom. The van der Waals surface area contributed by atoms with Crippen molar-refractivity contribution in [3.8, 4) is 23.0 Å². The summed E-state index contributed by atoms with van der Waals surface area (Å²) in [4.78, 5) is 15.9. The van der Waals surface area contributed by atoms with Crippen LogP contribution in [-0.4, -0.2) is 24.2 Å². The van der Waals surface area contributed by atoms with Crippen molar-refractivity contribution in [2.24, 2.45) is 0 Å². The predicted molar refractivity (Wildman–Crippen MR) is 113 cm³/mol. The zero-order valence-electron chi connectivity index (χ0n) is 16.6. The van der Waals surface area contributed by atoms with Gasteiger partial charge in [0.1, 0.15) is 6.61 Å². The lowest BCUT2D eigenvalue weighted by molar-refractivity contribution is 0.143. The Balaban J connectivity index is 1.29. The van der Waals surface area contributed by atoms with Crippen LogP contribution in [0.4, 0.5) is 9.18 Å². The number of carbonyl (C=O) groups excluding carboxylic acids is 1. The first-order chi connectivity index (χ1) is 14.6. The van der Waals surface area contributed by atoms with Crippen LogP contribution in [0.25, 0.3) is 11.1 Å². The quantitative estimate of drug-likeness (QED) is 0.388. The average Bonchev–Trinajstić information content (AvgIpc) is 3.07. The van der Waals surface area contributed by atoms with Crippen LogP contribution in [0, 0.1) is 24.7 Å². The van der Waals surface area contributed by atoms with Crippen LogP contribution in [0.1, 0.15) is 34.7 Å². The van der Waals surface area contributed by atoms with Gasteiger partial charge in [-0.3, -0.25) is 0 Å². The molecule has 0 saturated heterocycles. The number of benzene rings is 2. The van der Waals surface area contributed by atoms with Gasteiger partial charge in [-0.15, -0.1) is 0 Å². The highest BCUT2D eigenvalue weighted by molar-refractivity contribution is 5.79. The monoisotopic (exact) mass is 400 g/mol. The number of aromatic nitrogens is 1. The SMILES string of the molecule is Cc1nc(F)ccc1C#CCCNC(=O)OCC1c2ccccc2-c2ccccc21. The molecule has 0 spiro atoms. The van der Waals surface area contributed by atoms with E-state index >= 15 is 0 Å². The van der Waals surface area contributed by atoms with Crippen molar-refractivity contribution in [1.29, 1.82) is 0 Å². The molecule has 2 aromatic carbocycles. The van der Waals surface area contributed by atoms with Crippen molar-refractivity contribution >= 4 is 6.09 Å². The third-order valence-corrected chi connectivity index (χ3v) is 5.14. The first kappa shape index (κ1) is 19.7. The minimum atomic E-state index is -0.519. The lowest BCUT2D eigenvalue weighted by atomic mass is 9.98. The molecule has 1 heterocycles. The predicted octanol–water partition coefficient (Wildman–Crippen LogP) is 4.81. The number of aryl methyl sites for hydroxylation is 1. The molecular weight excluding hydrogens is 379 g/mol. The fourth-order valence-corrected chi connectivity index (χ4v) is 3.70. The molecule has 4 nitrogen and oxygen atoms in total. The molecule has 0 aliphatic heterocycles. The van der Waals surface area contributed by atoms with Gasteiger partial charge in [0.2, 0.25) is 5.95 Å². The Kier molecular flexibility index (Phi) is 5.76. The normalized spacial score (nSPS) is 11.8. The van der Waals surface area contributed by atoms with Gasteiger partial charge in [0.15, 0.2) is 0 Å². The molecule has 4 rings (SSSR count). The number of rotatable bonds is 4. The maximum absolute atomic E-state index is 13.0. The highest BCUT2D eigenvalue weighted by Crippen LogP contribution is 2.44. The van der Waals surface area contributed by atoms with Crippen LogP contribution in [0.3, 0.4) is 0 Å². The van der Waals surface area contributed by atoms with Crippen LogP contribution in [0.15, 0.2) is 60.7 Å². The van der Waals surface area contributed by atoms with Crippen molar-refractivity contribution in [1.82, 2.24) is 10.3 Å². The molecular formula is C25H21FN2O2. The number of halogens is 1.